The zero-order chi connectivity index (χ0) is 10.8. The molecule has 0 saturated heterocycles. The van der Waals surface area contributed by atoms with Gasteiger partial charge in [-0.1, -0.05) is 0 Å². The minimum atomic E-state index is -1.09. The number of pyridine rings is 1. The van der Waals surface area contributed by atoms with E-state index in [9.17, 15) is 4.79 Å². The number of carboxylic acids is 1. The Hall–Kier alpha value is -1.64. The third-order valence-electron chi connectivity index (χ3n) is 1.85. The van der Waals surface area contributed by atoms with E-state index in [1.54, 1.807) is 19.1 Å². The average Bonchev–Trinajstić information content (AvgIpc) is 2.70. The number of carboxylic acid groups (broad SMARTS) is 1. The number of aromatic carboxylic acids is 1. The molecule has 0 bridgehead atoms. The van der Waals surface area contributed by atoms with Gasteiger partial charge in [-0.2, -0.15) is 10.2 Å². The van der Waals surface area contributed by atoms with Crippen molar-refractivity contribution in [3.8, 4) is 5.69 Å². The summed E-state index contributed by atoms with van der Waals surface area (Å²) in [5.41, 5.74) is 0.951. The number of rotatable bonds is 2. The van der Waals surface area contributed by atoms with E-state index in [1.807, 2.05) is 0 Å². The topological polar surface area (TPSA) is 80.9 Å². The van der Waals surface area contributed by atoms with Crippen LogP contribution in [0.4, 0.5) is 0 Å². The summed E-state index contributed by atoms with van der Waals surface area (Å²) in [4.78, 5) is 16.1. The van der Waals surface area contributed by atoms with E-state index in [0.717, 1.165) is 0 Å². The van der Waals surface area contributed by atoms with Crippen molar-refractivity contribution in [1.82, 2.24) is 20.0 Å². The fourth-order valence-electron chi connectivity index (χ4n) is 1.21. The molecule has 0 aliphatic heterocycles. The maximum atomic E-state index is 10.9. The summed E-state index contributed by atoms with van der Waals surface area (Å²) in [7, 11) is 0. The molecule has 0 saturated carbocycles. The van der Waals surface area contributed by atoms with Crippen LogP contribution in [0.5, 0.6) is 0 Å². The molecule has 0 aromatic carbocycles. The van der Waals surface area contributed by atoms with Gasteiger partial charge in [-0.25, -0.2) is 9.78 Å². The summed E-state index contributed by atoms with van der Waals surface area (Å²) in [6.45, 7) is 1.73. The molecule has 2 aromatic rings. The molecule has 2 aromatic heterocycles. The van der Waals surface area contributed by atoms with Crippen molar-refractivity contribution in [2.24, 2.45) is 0 Å². The second-order valence-electron chi connectivity index (χ2n) is 2.94. The van der Waals surface area contributed by atoms with Crippen LogP contribution in [0.1, 0.15) is 16.2 Å². The van der Waals surface area contributed by atoms with Crippen molar-refractivity contribution in [3.05, 3.63) is 35.9 Å². The van der Waals surface area contributed by atoms with E-state index in [2.05, 4.69) is 15.2 Å². The molecular formula is C9H8LiN4O2. The fourth-order valence-corrected chi connectivity index (χ4v) is 1.21. The van der Waals surface area contributed by atoms with E-state index < -0.39 is 5.97 Å². The molecule has 77 valence electrons. The second kappa shape index (κ2) is 4.92. The zero-order valence-corrected chi connectivity index (χ0v) is 8.95. The van der Waals surface area contributed by atoms with Crippen LogP contribution in [0.25, 0.3) is 5.69 Å². The quantitative estimate of drug-likeness (QED) is 0.722. The predicted molar refractivity (Wildman–Crippen MR) is 56.6 cm³/mol. The molecular weight excluding hydrogens is 203 g/mol. The van der Waals surface area contributed by atoms with Crippen LogP contribution in [0.3, 0.4) is 0 Å². The van der Waals surface area contributed by atoms with Crippen molar-refractivity contribution in [1.29, 1.82) is 0 Å². The van der Waals surface area contributed by atoms with Crippen LogP contribution in [0.2, 0.25) is 0 Å². The van der Waals surface area contributed by atoms with Gasteiger partial charge in [-0.05, 0) is 19.1 Å². The van der Waals surface area contributed by atoms with E-state index in [-0.39, 0.29) is 24.6 Å². The Morgan fingerprint density at radius 3 is 2.50 bits per heavy atom. The summed E-state index contributed by atoms with van der Waals surface area (Å²) in [6, 6.07) is 3.34. The Bertz CT molecular complexity index is 498. The van der Waals surface area contributed by atoms with E-state index in [1.165, 1.54) is 17.2 Å². The minimum absolute atomic E-state index is 0. The number of carbonyl (C=O) groups is 1. The summed E-state index contributed by atoms with van der Waals surface area (Å²) in [6.07, 6.45) is 2.96. The van der Waals surface area contributed by atoms with Crippen molar-refractivity contribution >= 4 is 24.8 Å². The van der Waals surface area contributed by atoms with Crippen molar-refractivity contribution in [2.45, 2.75) is 6.92 Å². The van der Waals surface area contributed by atoms with Crippen LogP contribution in [-0.4, -0.2) is 49.9 Å². The molecule has 0 aliphatic rings. The fraction of sp³-hybridized carbons (Fsp3) is 0.111. The number of aryl methyl sites for hydroxylation is 1. The number of nitrogens with zero attached hydrogens (tertiary/aromatic N) is 4. The molecule has 0 fully saturated rings. The molecule has 2 heterocycles. The Morgan fingerprint density at radius 2 is 1.94 bits per heavy atom. The van der Waals surface area contributed by atoms with E-state index in [4.69, 9.17) is 5.11 Å². The van der Waals surface area contributed by atoms with Gasteiger partial charge in [0, 0.05) is 24.6 Å². The van der Waals surface area contributed by atoms with Crippen LogP contribution in [0, 0.1) is 6.92 Å². The van der Waals surface area contributed by atoms with Gasteiger partial charge in [-0.3, -0.25) is 0 Å². The van der Waals surface area contributed by atoms with Gasteiger partial charge in [0.1, 0.15) is 5.69 Å². The summed E-state index contributed by atoms with van der Waals surface area (Å²) < 4.78 is 0. The first-order valence-electron chi connectivity index (χ1n) is 4.26. The minimum Gasteiger partial charge on any atom is -0.476 e. The van der Waals surface area contributed by atoms with Crippen LogP contribution in [0.15, 0.2) is 24.5 Å². The summed E-state index contributed by atoms with van der Waals surface area (Å²) in [5, 5.41) is 16.7. The molecule has 0 aliphatic carbocycles. The molecule has 0 atom stereocenters. The smallest absolute Gasteiger partial charge is 0.356 e. The normalized spacial score (nSPS) is 9.56. The van der Waals surface area contributed by atoms with Gasteiger partial charge < -0.3 is 5.11 Å². The first-order chi connectivity index (χ1) is 7.18. The Balaban J connectivity index is 0.00000128. The number of hydrogen-bond donors (Lipinski definition) is 1. The SMILES string of the molecule is Cc1ccc(-n2nccn2)c(C(=O)O)n1.[Li]. The van der Waals surface area contributed by atoms with Gasteiger partial charge in [-0.15, -0.1) is 4.80 Å². The molecule has 2 rings (SSSR count). The third kappa shape index (κ3) is 2.29. The first kappa shape index (κ1) is 12.4. The molecule has 0 spiro atoms. The van der Waals surface area contributed by atoms with E-state index >= 15 is 0 Å². The Kier molecular flexibility index (Phi) is 3.82. The Morgan fingerprint density at radius 1 is 1.31 bits per heavy atom. The standard InChI is InChI=1S/C9H8N4O2.Li/c1-6-2-3-7(8(12-6)9(14)15)13-10-4-5-11-13;/h2-5H,1H3,(H,14,15);. The van der Waals surface area contributed by atoms with E-state index in [0.29, 0.717) is 11.4 Å². The average molecular weight is 211 g/mol. The maximum absolute atomic E-state index is 10.9. The third-order valence-corrected chi connectivity index (χ3v) is 1.85. The van der Waals surface area contributed by atoms with Gasteiger partial charge in [0.05, 0.1) is 12.4 Å². The Labute approximate surface area is 103 Å². The monoisotopic (exact) mass is 211 g/mol. The molecule has 1 radical (unpaired) electrons. The van der Waals surface area contributed by atoms with Gasteiger partial charge >= 0.3 is 5.97 Å². The zero-order valence-electron chi connectivity index (χ0n) is 8.95. The molecule has 1 N–H and O–H groups in total. The van der Waals surface area contributed by atoms with Gasteiger partial charge in [0.2, 0.25) is 0 Å². The largest absolute Gasteiger partial charge is 0.476 e. The predicted octanol–water partition coefficient (Wildman–Crippen LogP) is 0.288. The molecule has 7 heteroatoms. The number of aromatic nitrogens is 4. The van der Waals surface area contributed by atoms with Crippen molar-refractivity contribution in [3.63, 3.8) is 0 Å². The molecule has 0 amide bonds. The molecule has 16 heavy (non-hydrogen) atoms. The van der Waals surface area contributed by atoms with Crippen LogP contribution < -0.4 is 0 Å². The summed E-state index contributed by atoms with van der Waals surface area (Å²) >= 11 is 0. The van der Waals surface area contributed by atoms with Crippen LogP contribution >= 0.6 is 0 Å². The molecule has 0 unspecified atom stereocenters. The summed E-state index contributed by atoms with van der Waals surface area (Å²) in [5.74, 6) is -1.09. The van der Waals surface area contributed by atoms with Crippen LogP contribution in [-0.2, 0) is 0 Å². The first-order valence-corrected chi connectivity index (χ1v) is 4.26. The number of hydrogen-bond acceptors (Lipinski definition) is 4. The van der Waals surface area contributed by atoms with Crippen molar-refractivity contribution < 1.29 is 9.90 Å². The van der Waals surface area contributed by atoms with Gasteiger partial charge in [0.25, 0.3) is 0 Å². The van der Waals surface area contributed by atoms with Gasteiger partial charge in [0.15, 0.2) is 5.69 Å². The van der Waals surface area contributed by atoms with Crippen molar-refractivity contribution in [2.75, 3.05) is 0 Å². The maximum Gasteiger partial charge on any atom is 0.356 e. The second-order valence-corrected chi connectivity index (χ2v) is 2.94. The molecule has 6 nitrogen and oxygen atoms in total.